The van der Waals surface area contributed by atoms with E-state index in [-0.39, 0.29) is 0 Å². The lowest BCUT2D eigenvalue weighted by molar-refractivity contribution is 0.669. The molecule has 0 saturated carbocycles. The smallest absolute Gasteiger partial charge is 0.135 e. The molecule has 7 rings (SSSR count). The zero-order valence-electron chi connectivity index (χ0n) is 32.0. The van der Waals surface area contributed by atoms with Crippen LogP contribution in [0.1, 0.15) is 63.4 Å². The fourth-order valence-electron chi connectivity index (χ4n) is 6.63. The Kier molecular flexibility index (Phi) is 13.2. The van der Waals surface area contributed by atoms with Gasteiger partial charge in [-0.05, 0) is 80.0 Å². The van der Waals surface area contributed by atoms with Crippen LogP contribution in [0.5, 0.6) is 0 Å². The highest BCUT2D eigenvalue weighted by Gasteiger charge is 2.19. The SMILES string of the molecule is C=C/C=C\C(=NCc1ccc2oc3ccccc3c2c1)n1c2c(c3cccn(C(=C)/C=C\C=C/C)c4ccccc4c(C)c31)C=CCC=C2.CC.CC. The number of hydrogen-bond acceptors (Lipinski definition) is 2. The Hall–Kier alpha value is -6.13. The molecule has 0 radical (unpaired) electrons. The molecule has 3 aromatic heterocycles. The number of benzene rings is 3. The predicted molar refractivity (Wildman–Crippen MR) is 234 cm³/mol. The Morgan fingerprint density at radius 3 is 2.30 bits per heavy atom. The van der Waals surface area contributed by atoms with E-state index in [1.165, 1.54) is 0 Å². The second-order valence-corrected chi connectivity index (χ2v) is 12.0. The normalized spacial score (nSPS) is 12.6. The van der Waals surface area contributed by atoms with E-state index in [0.717, 1.165) is 84.1 Å². The highest BCUT2D eigenvalue weighted by atomic mass is 16.3. The third-order valence-corrected chi connectivity index (χ3v) is 8.92. The number of aromatic nitrogens is 2. The van der Waals surface area contributed by atoms with Crippen LogP contribution in [0.15, 0.2) is 162 Å². The maximum atomic E-state index is 6.10. The fourth-order valence-corrected chi connectivity index (χ4v) is 6.63. The molecule has 6 aromatic rings. The van der Waals surface area contributed by atoms with Gasteiger partial charge in [-0.1, -0.05) is 138 Å². The van der Waals surface area contributed by atoms with Crippen molar-refractivity contribution in [3.05, 3.63) is 175 Å². The fraction of sp³-hybridized carbons (Fsp3) is 0.163. The van der Waals surface area contributed by atoms with Gasteiger partial charge in [0.15, 0.2) is 0 Å². The zero-order valence-corrected chi connectivity index (χ0v) is 32.0. The van der Waals surface area contributed by atoms with Crippen molar-refractivity contribution >= 4 is 67.4 Å². The van der Waals surface area contributed by atoms with E-state index < -0.39 is 0 Å². The second kappa shape index (κ2) is 18.4. The quantitative estimate of drug-likeness (QED) is 0.0929. The lowest BCUT2D eigenvalue weighted by atomic mass is 10.1. The van der Waals surface area contributed by atoms with Crippen LogP contribution >= 0.6 is 0 Å². The number of rotatable bonds is 7. The van der Waals surface area contributed by atoms with Gasteiger partial charge in [-0.15, -0.1) is 0 Å². The number of para-hydroxylation sites is 2. The predicted octanol–water partition coefficient (Wildman–Crippen LogP) is 14.2. The minimum Gasteiger partial charge on any atom is -0.456 e. The summed E-state index contributed by atoms with van der Waals surface area (Å²) in [5.74, 6) is 0.832. The molecule has 0 atom stereocenters. The molecule has 3 aromatic carbocycles. The molecule has 0 fully saturated rings. The summed E-state index contributed by atoms with van der Waals surface area (Å²) in [5, 5.41) is 4.48. The molecule has 0 spiro atoms. The van der Waals surface area contributed by atoms with Gasteiger partial charge in [-0.25, -0.2) is 0 Å². The lowest BCUT2D eigenvalue weighted by Crippen LogP contribution is -2.12. The first-order valence-corrected chi connectivity index (χ1v) is 18.7. The Labute approximate surface area is 314 Å². The van der Waals surface area contributed by atoms with Crippen LogP contribution in [0.25, 0.3) is 61.6 Å². The maximum absolute atomic E-state index is 6.10. The standard InChI is InChI=1S/C45H39N3O.2C2H6/c1-5-7-10-18-32(3)47-29-17-22-38-36-20-11-9-12-24-41(36)48(45(38)33(4)35-19-13-15-23-40(35)47)44(26-8-6-2)46-31-34-27-28-43-39(30-34)37-21-14-16-25-42(37)49-43;2*1-2/h5-8,10-30H,2-3,9,31H2,1,4H3;2*1-2H3/b7-5-,18-10-,26-8-,29-17?,38-22?,45-33?,46-44?;;. The van der Waals surface area contributed by atoms with Crippen molar-refractivity contribution in [2.75, 3.05) is 0 Å². The van der Waals surface area contributed by atoms with Crippen LogP contribution in [0.4, 0.5) is 0 Å². The Morgan fingerprint density at radius 2 is 1.51 bits per heavy atom. The van der Waals surface area contributed by atoms with Crippen LogP contribution < -0.4 is 0 Å². The second-order valence-electron chi connectivity index (χ2n) is 12.0. The topological polar surface area (TPSA) is 35.4 Å². The van der Waals surface area contributed by atoms with Gasteiger partial charge >= 0.3 is 0 Å². The number of aryl methyl sites for hydroxylation is 1. The molecule has 0 unspecified atom stereocenters. The molecule has 4 nitrogen and oxygen atoms in total. The molecule has 268 valence electrons. The van der Waals surface area contributed by atoms with E-state index in [4.69, 9.17) is 9.41 Å². The minimum atomic E-state index is 0.499. The first-order valence-electron chi connectivity index (χ1n) is 18.7. The molecular weight excluding hydrogens is 647 g/mol. The van der Waals surface area contributed by atoms with Crippen LogP contribution in [-0.2, 0) is 6.54 Å². The highest BCUT2D eigenvalue weighted by molar-refractivity contribution is 6.10. The van der Waals surface area contributed by atoms with Crippen LogP contribution in [0.2, 0.25) is 0 Å². The number of hydrogen-bond donors (Lipinski definition) is 0. The average Bonchev–Trinajstić information content (AvgIpc) is 3.62. The van der Waals surface area contributed by atoms with E-state index in [1.54, 1.807) is 6.08 Å². The van der Waals surface area contributed by atoms with E-state index >= 15 is 0 Å². The van der Waals surface area contributed by atoms with Crippen molar-refractivity contribution in [2.45, 2.75) is 54.5 Å². The summed E-state index contributed by atoms with van der Waals surface area (Å²) in [7, 11) is 0. The van der Waals surface area contributed by atoms with Gasteiger partial charge in [0.2, 0.25) is 0 Å². The summed E-state index contributed by atoms with van der Waals surface area (Å²) in [4.78, 5) is 5.32. The number of furan rings is 1. The summed E-state index contributed by atoms with van der Waals surface area (Å²) in [5.41, 5.74) is 9.31. The van der Waals surface area contributed by atoms with Gasteiger partial charge in [-0.2, -0.15) is 0 Å². The molecule has 3 heterocycles. The first-order chi connectivity index (χ1) is 26.1. The summed E-state index contributed by atoms with van der Waals surface area (Å²) in [6.07, 6.45) is 25.8. The number of nitrogens with zero attached hydrogens (tertiary/aromatic N) is 3. The van der Waals surface area contributed by atoms with E-state index in [9.17, 15) is 0 Å². The van der Waals surface area contributed by atoms with Crippen molar-refractivity contribution in [2.24, 2.45) is 4.99 Å². The molecule has 0 amide bonds. The molecule has 53 heavy (non-hydrogen) atoms. The molecule has 0 saturated heterocycles. The van der Waals surface area contributed by atoms with Gasteiger partial charge in [0.25, 0.3) is 0 Å². The van der Waals surface area contributed by atoms with Crippen molar-refractivity contribution < 1.29 is 4.42 Å². The van der Waals surface area contributed by atoms with Gasteiger partial charge < -0.3 is 8.98 Å². The number of allylic oxidation sites excluding steroid dienone is 10. The maximum Gasteiger partial charge on any atom is 0.135 e. The summed E-state index contributed by atoms with van der Waals surface area (Å²) < 4.78 is 10.6. The number of aliphatic imine (C=N–C) groups is 1. The Balaban J connectivity index is 0.00000131. The van der Waals surface area contributed by atoms with Crippen LogP contribution in [-0.4, -0.2) is 15.0 Å². The van der Waals surface area contributed by atoms with Gasteiger partial charge in [0.05, 0.1) is 23.3 Å². The van der Waals surface area contributed by atoms with E-state index in [0.29, 0.717) is 6.54 Å². The van der Waals surface area contributed by atoms with Crippen LogP contribution in [0.3, 0.4) is 0 Å². The molecule has 0 bridgehead atoms. The largest absolute Gasteiger partial charge is 0.456 e. The molecular formula is C49H51N3O. The van der Waals surface area contributed by atoms with Crippen molar-refractivity contribution in [1.82, 2.24) is 9.13 Å². The monoisotopic (exact) mass is 697 g/mol. The van der Waals surface area contributed by atoms with Gasteiger partial charge in [0, 0.05) is 39.0 Å². The highest BCUT2D eigenvalue weighted by Crippen LogP contribution is 2.35. The zero-order chi connectivity index (χ0) is 37.7. The minimum absolute atomic E-state index is 0.499. The third-order valence-electron chi connectivity index (χ3n) is 8.92. The number of fused-ring (bicyclic) bond motifs is 7. The summed E-state index contributed by atoms with van der Waals surface area (Å²) in [6.45, 7) is 21.1. The van der Waals surface area contributed by atoms with Crippen LogP contribution in [0, 0.1) is 6.92 Å². The summed E-state index contributed by atoms with van der Waals surface area (Å²) >= 11 is 0. The average molecular weight is 698 g/mol. The summed E-state index contributed by atoms with van der Waals surface area (Å²) in [6, 6.07) is 27.4. The Morgan fingerprint density at radius 1 is 0.792 bits per heavy atom. The first kappa shape index (κ1) is 38.1. The van der Waals surface area contributed by atoms with Gasteiger partial charge in [-0.3, -0.25) is 9.56 Å². The molecule has 0 N–H and O–H groups in total. The molecule has 1 aliphatic rings. The van der Waals surface area contributed by atoms with Crippen molar-refractivity contribution in [1.29, 1.82) is 0 Å². The van der Waals surface area contributed by atoms with Crippen molar-refractivity contribution in [3.63, 3.8) is 0 Å². The Bertz CT molecular complexity index is 2500. The van der Waals surface area contributed by atoms with Gasteiger partial charge in [0.1, 0.15) is 17.0 Å². The lowest BCUT2D eigenvalue weighted by Gasteiger charge is -2.13. The molecule has 1 aliphatic carbocycles. The molecule has 4 heteroatoms. The van der Waals surface area contributed by atoms with E-state index in [1.807, 2.05) is 77.1 Å². The molecule has 0 aliphatic heterocycles. The van der Waals surface area contributed by atoms with Crippen molar-refractivity contribution in [3.8, 4) is 0 Å². The third kappa shape index (κ3) is 8.03. The van der Waals surface area contributed by atoms with E-state index in [2.05, 4.69) is 133 Å².